The molecule has 8 heavy (non-hydrogen) atoms. The van der Waals surface area contributed by atoms with Gasteiger partial charge in [-0.1, -0.05) is 12.8 Å². The average Bonchev–Trinajstić information content (AvgIpc) is 2.14. The molecular weight excluding hydrogens is 122 g/mol. The topological polar surface area (TPSA) is 43.8 Å². The molecule has 0 spiro atoms. The molecular formula is C4H7N3S. The lowest BCUT2D eigenvalue weighted by molar-refractivity contribution is 0.986. The molecule has 1 aromatic rings. The Balaban J connectivity index is 2.92. The molecule has 0 saturated carbocycles. The summed E-state index contributed by atoms with van der Waals surface area (Å²) in [5.41, 5.74) is 6.21. The molecule has 1 heterocycles. The van der Waals surface area contributed by atoms with Crippen LogP contribution in [0.3, 0.4) is 0 Å². The molecule has 44 valence electrons. The highest BCUT2D eigenvalue weighted by molar-refractivity contribution is 7.78. The molecule has 0 aliphatic carbocycles. The molecule has 0 aliphatic heterocycles. The van der Waals surface area contributed by atoms with Crippen molar-refractivity contribution in [2.45, 2.75) is 6.54 Å². The Morgan fingerprint density at radius 3 is 2.88 bits per heavy atom. The Hall–Kier alpha value is -0.480. The smallest absolute Gasteiger partial charge is 0.105 e. The maximum atomic E-state index is 5.29. The van der Waals surface area contributed by atoms with Crippen LogP contribution >= 0.6 is 12.8 Å². The summed E-state index contributed by atoms with van der Waals surface area (Å²) in [4.78, 5) is 3.80. The molecule has 1 aromatic heterocycles. The summed E-state index contributed by atoms with van der Waals surface area (Å²) in [5, 5.41) is 0. The second-order valence-corrected chi connectivity index (χ2v) is 1.86. The molecule has 0 fully saturated rings. The summed E-state index contributed by atoms with van der Waals surface area (Å²) in [6.07, 6.45) is 3.29. The number of hydrogen-bond acceptors (Lipinski definition) is 3. The Morgan fingerprint density at radius 2 is 2.62 bits per heavy atom. The summed E-state index contributed by atoms with van der Waals surface area (Å²) in [5.74, 6) is 0. The summed E-state index contributed by atoms with van der Waals surface area (Å²) in [7, 11) is 0. The van der Waals surface area contributed by atoms with E-state index in [0.29, 0.717) is 6.54 Å². The van der Waals surface area contributed by atoms with Crippen LogP contribution < -0.4 is 5.73 Å². The fourth-order valence-corrected chi connectivity index (χ4v) is 0.655. The lowest BCUT2D eigenvalue weighted by Crippen LogP contribution is -1.98. The zero-order valence-electron chi connectivity index (χ0n) is 4.28. The third-order valence-electron chi connectivity index (χ3n) is 0.903. The third kappa shape index (κ3) is 0.850. The van der Waals surface area contributed by atoms with Gasteiger partial charge in [-0.2, -0.15) is 0 Å². The summed E-state index contributed by atoms with van der Waals surface area (Å²) in [6.45, 7) is 0.490. The molecule has 0 aliphatic rings. The van der Waals surface area contributed by atoms with E-state index in [1.807, 2.05) is 0 Å². The average molecular weight is 129 g/mol. The van der Waals surface area contributed by atoms with Crippen LogP contribution in [0.1, 0.15) is 5.69 Å². The maximum absolute atomic E-state index is 5.29. The van der Waals surface area contributed by atoms with Crippen LogP contribution in [0, 0.1) is 0 Å². The SMILES string of the molecule is NCc1cncn1S. The van der Waals surface area contributed by atoms with Gasteiger partial charge < -0.3 is 5.73 Å². The van der Waals surface area contributed by atoms with E-state index in [0.717, 1.165) is 5.69 Å². The third-order valence-corrected chi connectivity index (χ3v) is 1.26. The van der Waals surface area contributed by atoms with Crippen LogP contribution in [0.4, 0.5) is 0 Å². The summed E-state index contributed by atoms with van der Waals surface area (Å²) >= 11 is 4.00. The molecule has 0 radical (unpaired) electrons. The highest BCUT2D eigenvalue weighted by Crippen LogP contribution is 1.96. The van der Waals surface area contributed by atoms with Crippen LogP contribution in [0.5, 0.6) is 0 Å². The Morgan fingerprint density at radius 1 is 1.88 bits per heavy atom. The highest BCUT2D eigenvalue weighted by Gasteiger charge is 1.91. The molecule has 2 N–H and O–H groups in total. The van der Waals surface area contributed by atoms with Crippen LogP contribution in [0.25, 0.3) is 0 Å². The monoisotopic (exact) mass is 129 g/mol. The number of nitrogens with zero attached hydrogens (tertiary/aromatic N) is 2. The Bertz CT molecular complexity index is 172. The normalized spacial score (nSPS) is 9.75. The standard InChI is InChI=1S/C4H7N3S/c5-1-4-2-6-3-7(4)8/h2-3,8H,1,5H2. The first-order chi connectivity index (χ1) is 3.84. The van der Waals surface area contributed by atoms with Crippen molar-refractivity contribution in [1.29, 1.82) is 0 Å². The van der Waals surface area contributed by atoms with E-state index in [1.165, 1.54) is 0 Å². The second kappa shape index (κ2) is 2.19. The lowest BCUT2D eigenvalue weighted by Gasteiger charge is -1.91. The van der Waals surface area contributed by atoms with Crippen molar-refractivity contribution in [3.63, 3.8) is 0 Å². The van der Waals surface area contributed by atoms with Crippen molar-refractivity contribution in [2.24, 2.45) is 5.73 Å². The van der Waals surface area contributed by atoms with E-state index in [9.17, 15) is 0 Å². The molecule has 0 saturated heterocycles. The summed E-state index contributed by atoms with van der Waals surface area (Å²) < 4.78 is 1.60. The van der Waals surface area contributed by atoms with E-state index < -0.39 is 0 Å². The first-order valence-electron chi connectivity index (χ1n) is 2.25. The van der Waals surface area contributed by atoms with Crippen LogP contribution in [-0.2, 0) is 6.54 Å². The van der Waals surface area contributed by atoms with E-state index in [1.54, 1.807) is 16.5 Å². The van der Waals surface area contributed by atoms with E-state index in [2.05, 4.69) is 17.8 Å². The quantitative estimate of drug-likeness (QED) is 0.525. The van der Waals surface area contributed by atoms with Crippen molar-refractivity contribution in [3.8, 4) is 0 Å². The van der Waals surface area contributed by atoms with Crippen molar-refractivity contribution >= 4 is 12.8 Å². The van der Waals surface area contributed by atoms with E-state index in [4.69, 9.17) is 5.73 Å². The minimum Gasteiger partial charge on any atom is -0.325 e. The first-order valence-corrected chi connectivity index (χ1v) is 2.65. The van der Waals surface area contributed by atoms with Gasteiger partial charge in [0, 0.05) is 6.54 Å². The lowest BCUT2D eigenvalue weighted by atomic mass is 10.5. The van der Waals surface area contributed by atoms with Crippen LogP contribution in [-0.4, -0.2) is 8.96 Å². The van der Waals surface area contributed by atoms with Gasteiger partial charge in [-0.3, -0.25) is 3.97 Å². The van der Waals surface area contributed by atoms with Crippen molar-refractivity contribution in [3.05, 3.63) is 18.2 Å². The Labute approximate surface area is 53.1 Å². The molecule has 0 bridgehead atoms. The molecule has 3 nitrogen and oxygen atoms in total. The Kier molecular flexibility index (Phi) is 1.55. The van der Waals surface area contributed by atoms with Gasteiger partial charge in [0.1, 0.15) is 6.33 Å². The minimum atomic E-state index is 0.490. The number of aromatic nitrogens is 2. The van der Waals surface area contributed by atoms with Gasteiger partial charge in [-0.25, -0.2) is 4.98 Å². The van der Waals surface area contributed by atoms with Gasteiger partial charge in [-0.15, -0.1) is 0 Å². The molecule has 4 heteroatoms. The number of rotatable bonds is 1. The van der Waals surface area contributed by atoms with Gasteiger partial charge in [-0.05, 0) is 0 Å². The van der Waals surface area contributed by atoms with Gasteiger partial charge in [0.15, 0.2) is 0 Å². The largest absolute Gasteiger partial charge is 0.325 e. The highest BCUT2D eigenvalue weighted by atomic mass is 32.1. The number of thiol groups is 1. The van der Waals surface area contributed by atoms with Gasteiger partial charge in [0.05, 0.1) is 11.9 Å². The van der Waals surface area contributed by atoms with Crippen molar-refractivity contribution in [2.75, 3.05) is 0 Å². The molecule has 0 unspecified atom stereocenters. The summed E-state index contributed by atoms with van der Waals surface area (Å²) in [6, 6.07) is 0. The zero-order valence-corrected chi connectivity index (χ0v) is 5.18. The van der Waals surface area contributed by atoms with Crippen LogP contribution in [0.2, 0.25) is 0 Å². The second-order valence-electron chi connectivity index (χ2n) is 1.43. The van der Waals surface area contributed by atoms with Gasteiger partial charge in [0.2, 0.25) is 0 Å². The number of nitrogens with two attached hydrogens (primary N) is 1. The maximum Gasteiger partial charge on any atom is 0.105 e. The molecule has 0 amide bonds. The van der Waals surface area contributed by atoms with Gasteiger partial charge >= 0.3 is 0 Å². The predicted molar refractivity (Wildman–Crippen MR) is 34.5 cm³/mol. The molecule has 1 rings (SSSR count). The number of imidazole rings is 1. The van der Waals surface area contributed by atoms with Crippen molar-refractivity contribution in [1.82, 2.24) is 8.96 Å². The van der Waals surface area contributed by atoms with E-state index in [-0.39, 0.29) is 0 Å². The van der Waals surface area contributed by atoms with Crippen LogP contribution in [0.15, 0.2) is 12.5 Å². The molecule has 0 atom stereocenters. The fourth-order valence-electron chi connectivity index (χ4n) is 0.462. The zero-order chi connectivity index (χ0) is 5.98. The predicted octanol–water partition coefficient (Wildman–Crippen LogP) is 0.0347. The first kappa shape index (κ1) is 5.65. The minimum absolute atomic E-state index is 0.490. The van der Waals surface area contributed by atoms with Gasteiger partial charge in [0.25, 0.3) is 0 Å². The number of hydrogen-bond donors (Lipinski definition) is 2. The van der Waals surface area contributed by atoms with Crippen molar-refractivity contribution < 1.29 is 0 Å². The van der Waals surface area contributed by atoms with E-state index >= 15 is 0 Å². The fraction of sp³-hybridized carbons (Fsp3) is 0.250. The molecule has 0 aromatic carbocycles.